The Morgan fingerprint density at radius 3 is 1.67 bits per heavy atom. The number of benzene rings is 3. The second kappa shape index (κ2) is 8.44. The van der Waals surface area contributed by atoms with Crippen molar-refractivity contribution in [3.63, 3.8) is 0 Å². The summed E-state index contributed by atoms with van der Waals surface area (Å²) >= 11 is 2.26. The molecule has 0 saturated heterocycles. The van der Waals surface area contributed by atoms with Gasteiger partial charge in [0.15, 0.2) is 0 Å². The third-order valence-corrected chi connectivity index (χ3v) is 3.96. The van der Waals surface area contributed by atoms with E-state index in [2.05, 4.69) is 43.0 Å². The van der Waals surface area contributed by atoms with Gasteiger partial charge >= 0.3 is 0 Å². The first kappa shape index (κ1) is 16.4. The van der Waals surface area contributed by atoms with Gasteiger partial charge in [0.05, 0.1) is 11.4 Å². The first-order valence-corrected chi connectivity index (χ1v) is 8.56. The minimum Gasteiger partial charge on any atom is -0.154 e. The lowest BCUT2D eigenvalue weighted by Gasteiger charge is -2.05. The van der Waals surface area contributed by atoms with Crippen LogP contribution in [-0.4, -0.2) is 0 Å². The number of hydrogen-bond acceptors (Lipinski definition) is 4. The highest BCUT2D eigenvalue weighted by Crippen LogP contribution is 2.24. The number of rotatable bonds is 5. The number of hydrogen-bond donors (Lipinski definition) is 0. The van der Waals surface area contributed by atoms with Crippen molar-refractivity contribution in [2.45, 2.75) is 6.17 Å². The Morgan fingerprint density at radius 2 is 1.08 bits per heavy atom. The van der Waals surface area contributed by atoms with Crippen molar-refractivity contribution in [3.05, 3.63) is 94.1 Å². The van der Waals surface area contributed by atoms with Gasteiger partial charge in [-0.25, -0.2) is 0 Å². The van der Waals surface area contributed by atoms with E-state index in [9.17, 15) is 0 Å². The molecule has 118 valence electrons. The van der Waals surface area contributed by atoms with Gasteiger partial charge in [-0.1, -0.05) is 48.5 Å². The fourth-order valence-corrected chi connectivity index (χ4v) is 2.39. The maximum Gasteiger partial charge on any atom is 0.206 e. The molecule has 5 heteroatoms. The van der Waals surface area contributed by atoms with Crippen LogP contribution in [0.4, 0.5) is 11.4 Å². The van der Waals surface area contributed by atoms with Crippen molar-refractivity contribution in [2.75, 3.05) is 0 Å². The largest absolute Gasteiger partial charge is 0.206 e. The van der Waals surface area contributed by atoms with Gasteiger partial charge in [0.2, 0.25) is 6.17 Å². The second-order valence-electron chi connectivity index (χ2n) is 5.03. The number of azo groups is 2. The van der Waals surface area contributed by atoms with E-state index in [1.165, 1.54) is 0 Å². The van der Waals surface area contributed by atoms with Crippen LogP contribution in [0.25, 0.3) is 0 Å². The molecule has 0 amide bonds. The molecular weight excluding hydrogens is 411 g/mol. The molecule has 0 aliphatic carbocycles. The molecule has 3 rings (SSSR count). The molecule has 0 aromatic heterocycles. The molecule has 1 atom stereocenters. The Balaban J connectivity index is 1.85. The third kappa shape index (κ3) is 4.79. The van der Waals surface area contributed by atoms with Crippen molar-refractivity contribution in [2.24, 2.45) is 20.5 Å². The minimum atomic E-state index is -0.467. The standard InChI is InChI=1S/C19H15IN4/c20-16-11-13-18(14-12-16)22-24-19(15-7-3-1-4-8-15)23-21-17-9-5-2-6-10-17/h1-14,19H. The monoisotopic (exact) mass is 426 g/mol. The topological polar surface area (TPSA) is 49.4 Å². The number of nitrogens with zero attached hydrogens (tertiary/aromatic N) is 4. The van der Waals surface area contributed by atoms with E-state index in [1.54, 1.807) is 0 Å². The van der Waals surface area contributed by atoms with E-state index >= 15 is 0 Å². The summed E-state index contributed by atoms with van der Waals surface area (Å²) in [6.07, 6.45) is -0.467. The molecule has 0 bridgehead atoms. The van der Waals surface area contributed by atoms with Crippen LogP contribution in [0.3, 0.4) is 0 Å². The molecule has 0 fully saturated rings. The summed E-state index contributed by atoms with van der Waals surface area (Å²) in [5.41, 5.74) is 2.54. The van der Waals surface area contributed by atoms with E-state index in [0.29, 0.717) is 0 Å². The first-order valence-electron chi connectivity index (χ1n) is 7.48. The van der Waals surface area contributed by atoms with Gasteiger partial charge in [0.1, 0.15) is 0 Å². The van der Waals surface area contributed by atoms with Crippen LogP contribution >= 0.6 is 22.6 Å². The van der Waals surface area contributed by atoms with Gasteiger partial charge in [-0.3, -0.25) is 0 Å². The third-order valence-electron chi connectivity index (χ3n) is 3.25. The zero-order valence-electron chi connectivity index (χ0n) is 12.8. The summed E-state index contributed by atoms with van der Waals surface area (Å²) < 4.78 is 1.16. The summed E-state index contributed by atoms with van der Waals surface area (Å²) in [7, 11) is 0. The molecule has 0 radical (unpaired) electrons. The van der Waals surface area contributed by atoms with E-state index in [1.807, 2.05) is 84.9 Å². The van der Waals surface area contributed by atoms with E-state index in [-0.39, 0.29) is 0 Å². The lowest BCUT2D eigenvalue weighted by molar-refractivity contribution is 0.689. The Kier molecular flexibility index (Phi) is 5.79. The Morgan fingerprint density at radius 1 is 0.583 bits per heavy atom. The van der Waals surface area contributed by atoms with Crippen molar-refractivity contribution in [1.29, 1.82) is 0 Å². The molecule has 3 aromatic carbocycles. The Bertz CT molecular complexity index is 815. The molecule has 0 heterocycles. The lowest BCUT2D eigenvalue weighted by atomic mass is 10.2. The molecule has 24 heavy (non-hydrogen) atoms. The van der Waals surface area contributed by atoms with Crippen LogP contribution in [0.2, 0.25) is 0 Å². The van der Waals surface area contributed by atoms with E-state index in [4.69, 9.17) is 0 Å². The predicted molar refractivity (Wildman–Crippen MR) is 104 cm³/mol. The van der Waals surface area contributed by atoms with Crippen LogP contribution in [0.5, 0.6) is 0 Å². The van der Waals surface area contributed by atoms with Crippen molar-refractivity contribution in [1.82, 2.24) is 0 Å². The summed E-state index contributed by atoms with van der Waals surface area (Å²) in [5.74, 6) is 0. The average Bonchev–Trinajstić information content (AvgIpc) is 2.65. The van der Waals surface area contributed by atoms with Gasteiger partial charge < -0.3 is 0 Å². The molecule has 0 saturated carbocycles. The lowest BCUT2D eigenvalue weighted by Crippen LogP contribution is -1.89. The van der Waals surface area contributed by atoms with Gasteiger partial charge in [-0.05, 0) is 59.0 Å². The molecule has 1 unspecified atom stereocenters. The molecule has 0 N–H and O–H groups in total. The van der Waals surface area contributed by atoms with Gasteiger partial charge in [0, 0.05) is 9.13 Å². The first-order chi connectivity index (χ1) is 11.8. The van der Waals surface area contributed by atoms with Crippen molar-refractivity contribution >= 4 is 34.0 Å². The fraction of sp³-hybridized carbons (Fsp3) is 0.0526. The summed E-state index contributed by atoms with van der Waals surface area (Å²) in [6, 6.07) is 27.3. The maximum atomic E-state index is 4.37. The van der Waals surface area contributed by atoms with Gasteiger partial charge in [-0.2, -0.15) is 20.5 Å². The minimum absolute atomic E-state index is 0.467. The summed E-state index contributed by atoms with van der Waals surface area (Å²) in [6.45, 7) is 0. The molecule has 0 aliphatic rings. The molecule has 0 aliphatic heterocycles. The quantitative estimate of drug-likeness (QED) is 0.316. The zero-order valence-corrected chi connectivity index (χ0v) is 15.0. The van der Waals surface area contributed by atoms with Crippen LogP contribution < -0.4 is 0 Å². The summed E-state index contributed by atoms with van der Waals surface area (Å²) in [5, 5.41) is 17.3. The average molecular weight is 426 g/mol. The highest BCUT2D eigenvalue weighted by molar-refractivity contribution is 14.1. The molecule has 3 aromatic rings. The van der Waals surface area contributed by atoms with Crippen LogP contribution in [0.1, 0.15) is 11.7 Å². The van der Waals surface area contributed by atoms with E-state index in [0.717, 1.165) is 20.5 Å². The van der Waals surface area contributed by atoms with Crippen LogP contribution in [0, 0.1) is 3.57 Å². The maximum absolute atomic E-state index is 4.37. The van der Waals surface area contributed by atoms with Crippen molar-refractivity contribution < 1.29 is 0 Å². The van der Waals surface area contributed by atoms with Crippen molar-refractivity contribution in [3.8, 4) is 0 Å². The summed E-state index contributed by atoms with van der Waals surface area (Å²) in [4.78, 5) is 0. The SMILES string of the molecule is Ic1ccc(N=NC(N=Nc2ccccc2)c2ccccc2)cc1. The fourth-order valence-electron chi connectivity index (χ4n) is 2.03. The smallest absolute Gasteiger partial charge is 0.154 e. The second-order valence-corrected chi connectivity index (χ2v) is 6.27. The Hall–Kier alpha value is -2.41. The highest BCUT2D eigenvalue weighted by Gasteiger charge is 2.08. The molecule has 0 spiro atoms. The van der Waals surface area contributed by atoms with E-state index < -0.39 is 6.17 Å². The molecular formula is C19H15IN4. The Labute approximate surface area is 154 Å². The highest BCUT2D eigenvalue weighted by atomic mass is 127. The van der Waals surface area contributed by atoms with Crippen LogP contribution in [-0.2, 0) is 0 Å². The zero-order chi connectivity index (χ0) is 16.6. The predicted octanol–water partition coefficient (Wildman–Crippen LogP) is 6.86. The molecule has 4 nitrogen and oxygen atoms in total. The van der Waals surface area contributed by atoms with Gasteiger partial charge in [-0.15, -0.1) is 0 Å². The normalized spacial score (nSPS) is 12.7. The van der Waals surface area contributed by atoms with Crippen LogP contribution in [0.15, 0.2) is 105 Å². The number of halogens is 1. The van der Waals surface area contributed by atoms with Gasteiger partial charge in [0.25, 0.3) is 0 Å².